The van der Waals surface area contributed by atoms with Crippen molar-refractivity contribution in [3.63, 3.8) is 0 Å². The van der Waals surface area contributed by atoms with Gasteiger partial charge in [0.15, 0.2) is 9.84 Å². The number of rotatable bonds is 5. The van der Waals surface area contributed by atoms with Crippen LogP contribution in [0, 0.1) is 0 Å². The lowest BCUT2D eigenvalue weighted by molar-refractivity contribution is 0.339. The Morgan fingerprint density at radius 3 is 2.60 bits per heavy atom. The molecule has 0 N–H and O–H groups in total. The largest absolute Gasteiger partial charge is 0.491 e. The lowest BCUT2D eigenvalue weighted by atomic mass is 10.3. The Morgan fingerprint density at radius 1 is 1.33 bits per heavy atom. The third kappa shape index (κ3) is 4.22. The van der Waals surface area contributed by atoms with Crippen LogP contribution >= 0.6 is 15.9 Å². The zero-order valence-electron chi connectivity index (χ0n) is 8.44. The van der Waals surface area contributed by atoms with Gasteiger partial charge in [-0.05, 0) is 28.1 Å². The number of sulfone groups is 1. The number of benzene rings is 1. The van der Waals surface area contributed by atoms with Crippen molar-refractivity contribution in [1.29, 1.82) is 0 Å². The molecule has 15 heavy (non-hydrogen) atoms. The topological polar surface area (TPSA) is 43.4 Å². The smallest absolute Gasteiger partial charge is 0.153 e. The molecule has 1 rings (SSSR count). The fourth-order valence-corrected chi connectivity index (χ4v) is 2.01. The van der Waals surface area contributed by atoms with E-state index in [4.69, 9.17) is 4.74 Å². The maximum absolute atomic E-state index is 11.2. The zero-order valence-corrected chi connectivity index (χ0v) is 10.8. The Bertz CT molecular complexity index is 414. The molecule has 0 aliphatic heterocycles. The van der Waals surface area contributed by atoms with Crippen molar-refractivity contribution in [3.8, 4) is 5.75 Å². The molecular formula is C10H13BrO3S. The average molecular weight is 293 g/mol. The molecule has 0 fully saturated rings. The van der Waals surface area contributed by atoms with E-state index in [2.05, 4.69) is 15.9 Å². The number of hydrogen-bond acceptors (Lipinski definition) is 3. The fraction of sp³-hybridized carbons (Fsp3) is 0.400. The summed E-state index contributed by atoms with van der Waals surface area (Å²) in [5, 5.41) is 0. The molecule has 3 nitrogen and oxygen atoms in total. The standard InChI is InChI=1S/C10H13BrO3S/c1-2-15(12,13)8-7-14-10-6-4-3-5-9(10)11/h3-6H,2,7-8H2,1H3. The minimum atomic E-state index is -2.94. The van der Waals surface area contributed by atoms with Gasteiger partial charge in [0.05, 0.1) is 10.2 Å². The van der Waals surface area contributed by atoms with Gasteiger partial charge in [-0.25, -0.2) is 8.42 Å². The van der Waals surface area contributed by atoms with Gasteiger partial charge in [-0.2, -0.15) is 0 Å². The first-order chi connectivity index (χ1) is 7.05. The third-order valence-corrected chi connectivity index (χ3v) is 4.25. The second-order valence-corrected chi connectivity index (χ2v) is 6.34. The second-order valence-electron chi connectivity index (χ2n) is 3.02. The van der Waals surface area contributed by atoms with E-state index in [-0.39, 0.29) is 18.1 Å². The van der Waals surface area contributed by atoms with E-state index in [0.29, 0.717) is 5.75 Å². The molecule has 0 saturated heterocycles. The van der Waals surface area contributed by atoms with Crippen LogP contribution in [-0.2, 0) is 9.84 Å². The van der Waals surface area contributed by atoms with Crippen molar-refractivity contribution >= 4 is 25.8 Å². The Balaban J connectivity index is 2.49. The van der Waals surface area contributed by atoms with Crippen molar-refractivity contribution in [2.24, 2.45) is 0 Å². The number of hydrogen-bond donors (Lipinski definition) is 0. The highest BCUT2D eigenvalue weighted by atomic mass is 79.9. The molecule has 0 spiro atoms. The van der Waals surface area contributed by atoms with Gasteiger partial charge in [0.2, 0.25) is 0 Å². The summed E-state index contributed by atoms with van der Waals surface area (Å²) >= 11 is 3.32. The first kappa shape index (κ1) is 12.5. The fourth-order valence-electron chi connectivity index (χ4n) is 0.985. The molecule has 0 bridgehead atoms. The predicted octanol–water partition coefficient (Wildman–Crippen LogP) is 2.26. The van der Waals surface area contributed by atoms with E-state index < -0.39 is 9.84 Å². The van der Waals surface area contributed by atoms with Gasteiger partial charge in [0.1, 0.15) is 12.4 Å². The van der Waals surface area contributed by atoms with Crippen molar-refractivity contribution in [1.82, 2.24) is 0 Å². The molecule has 0 atom stereocenters. The molecule has 5 heteroatoms. The molecule has 1 aromatic rings. The molecule has 1 aromatic carbocycles. The summed E-state index contributed by atoms with van der Waals surface area (Å²) in [4.78, 5) is 0. The van der Waals surface area contributed by atoms with Crippen molar-refractivity contribution < 1.29 is 13.2 Å². The molecule has 0 aliphatic carbocycles. The van der Waals surface area contributed by atoms with Crippen molar-refractivity contribution in [2.45, 2.75) is 6.92 Å². The second kappa shape index (κ2) is 5.51. The summed E-state index contributed by atoms with van der Waals surface area (Å²) < 4.78 is 28.5. The highest BCUT2D eigenvalue weighted by Crippen LogP contribution is 2.23. The van der Waals surface area contributed by atoms with Crippen LogP contribution in [0.1, 0.15) is 6.92 Å². The highest BCUT2D eigenvalue weighted by molar-refractivity contribution is 9.10. The summed E-state index contributed by atoms with van der Waals surface area (Å²) in [5.74, 6) is 0.890. The van der Waals surface area contributed by atoms with Crippen molar-refractivity contribution in [3.05, 3.63) is 28.7 Å². The van der Waals surface area contributed by atoms with E-state index in [0.717, 1.165) is 4.47 Å². The van der Waals surface area contributed by atoms with Crippen molar-refractivity contribution in [2.75, 3.05) is 18.1 Å². The third-order valence-electron chi connectivity index (χ3n) is 1.93. The summed E-state index contributed by atoms with van der Waals surface area (Å²) in [7, 11) is -2.94. The molecule has 0 radical (unpaired) electrons. The molecule has 0 aromatic heterocycles. The van der Waals surface area contributed by atoms with Crippen LogP contribution in [-0.4, -0.2) is 26.5 Å². The Labute approximate surface area is 98.5 Å². The Morgan fingerprint density at radius 2 is 2.00 bits per heavy atom. The van der Waals surface area contributed by atoms with Gasteiger partial charge in [0.25, 0.3) is 0 Å². The van der Waals surface area contributed by atoms with Gasteiger partial charge < -0.3 is 4.74 Å². The van der Waals surface area contributed by atoms with E-state index >= 15 is 0 Å². The summed E-state index contributed by atoms with van der Waals surface area (Å²) in [6.07, 6.45) is 0. The van der Waals surface area contributed by atoms with E-state index in [1.807, 2.05) is 18.2 Å². The van der Waals surface area contributed by atoms with Gasteiger partial charge in [0, 0.05) is 5.75 Å². The SMILES string of the molecule is CCS(=O)(=O)CCOc1ccccc1Br. The maximum atomic E-state index is 11.2. The first-order valence-electron chi connectivity index (χ1n) is 4.63. The molecule has 0 saturated carbocycles. The van der Waals surface area contributed by atoms with Crippen LogP contribution in [0.5, 0.6) is 5.75 Å². The van der Waals surface area contributed by atoms with Crippen LogP contribution in [0.25, 0.3) is 0 Å². The minimum Gasteiger partial charge on any atom is -0.491 e. The van der Waals surface area contributed by atoms with Crippen LogP contribution in [0.2, 0.25) is 0 Å². The van der Waals surface area contributed by atoms with Gasteiger partial charge in [-0.1, -0.05) is 19.1 Å². The minimum absolute atomic E-state index is 0.0604. The van der Waals surface area contributed by atoms with Gasteiger partial charge in [-0.15, -0.1) is 0 Å². The number of ether oxygens (including phenoxy) is 1. The molecular weight excluding hydrogens is 280 g/mol. The molecule has 0 heterocycles. The molecule has 84 valence electrons. The van der Waals surface area contributed by atoms with E-state index in [1.165, 1.54) is 0 Å². The lowest BCUT2D eigenvalue weighted by Crippen LogP contribution is -2.15. The normalized spacial score (nSPS) is 11.3. The molecule has 0 aliphatic rings. The van der Waals surface area contributed by atoms with Crippen LogP contribution < -0.4 is 4.74 Å². The Hall–Kier alpha value is -0.550. The summed E-state index contributed by atoms with van der Waals surface area (Å²) in [6.45, 7) is 1.83. The van der Waals surface area contributed by atoms with Gasteiger partial charge >= 0.3 is 0 Å². The number of halogens is 1. The number of para-hydroxylation sites is 1. The highest BCUT2D eigenvalue weighted by Gasteiger charge is 2.07. The monoisotopic (exact) mass is 292 g/mol. The maximum Gasteiger partial charge on any atom is 0.153 e. The van der Waals surface area contributed by atoms with Crippen LogP contribution in [0.15, 0.2) is 28.7 Å². The van der Waals surface area contributed by atoms with Crippen LogP contribution in [0.3, 0.4) is 0 Å². The van der Waals surface area contributed by atoms with Crippen LogP contribution in [0.4, 0.5) is 0 Å². The predicted molar refractivity (Wildman–Crippen MR) is 64.0 cm³/mol. The molecule has 0 unspecified atom stereocenters. The van der Waals surface area contributed by atoms with E-state index in [1.54, 1.807) is 13.0 Å². The Kier molecular flexibility index (Phi) is 4.60. The summed E-state index contributed by atoms with van der Waals surface area (Å²) in [5.41, 5.74) is 0. The average Bonchev–Trinajstić information content (AvgIpc) is 2.21. The first-order valence-corrected chi connectivity index (χ1v) is 7.24. The van der Waals surface area contributed by atoms with Gasteiger partial charge in [-0.3, -0.25) is 0 Å². The summed E-state index contributed by atoms with van der Waals surface area (Å²) in [6, 6.07) is 7.36. The van der Waals surface area contributed by atoms with E-state index in [9.17, 15) is 8.42 Å². The molecule has 0 amide bonds. The lowest BCUT2D eigenvalue weighted by Gasteiger charge is -2.07. The quantitative estimate of drug-likeness (QED) is 0.836. The zero-order chi connectivity index (χ0) is 11.3.